The highest BCUT2D eigenvalue weighted by Gasteiger charge is 2.15. The summed E-state index contributed by atoms with van der Waals surface area (Å²) in [5, 5.41) is 17.9. The van der Waals surface area contributed by atoms with E-state index in [1.807, 2.05) is 6.07 Å². The predicted octanol–water partition coefficient (Wildman–Crippen LogP) is 1.40. The molecule has 0 saturated carbocycles. The standard InChI is InChI=1S/C12H8N4O2/c1-15-10(11(17)18)6-16-9-3-2-7(5-13)4-8(9)14-12(15)16/h2-4,6H,1H3,(H,17,18). The molecule has 1 N–H and O–H groups in total. The Balaban J connectivity index is 2.41. The number of aryl methyl sites for hydroxylation is 1. The Kier molecular flexibility index (Phi) is 1.92. The first-order valence-electron chi connectivity index (χ1n) is 5.23. The number of carbonyl (C=O) groups is 1. The van der Waals surface area contributed by atoms with Crippen molar-refractivity contribution in [2.45, 2.75) is 0 Å². The van der Waals surface area contributed by atoms with Gasteiger partial charge in [-0.05, 0) is 18.2 Å². The zero-order chi connectivity index (χ0) is 12.9. The summed E-state index contributed by atoms with van der Waals surface area (Å²) in [5.74, 6) is -0.456. The van der Waals surface area contributed by atoms with Gasteiger partial charge in [-0.25, -0.2) is 9.78 Å². The number of benzene rings is 1. The second-order valence-electron chi connectivity index (χ2n) is 3.98. The van der Waals surface area contributed by atoms with E-state index in [-0.39, 0.29) is 5.69 Å². The van der Waals surface area contributed by atoms with Gasteiger partial charge in [0.25, 0.3) is 0 Å². The van der Waals surface area contributed by atoms with Gasteiger partial charge in [0.05, 0.1) is 22.7 Å². The first-order valence-corrected chi connectivity index (χ1v) is 5.23. The van der Waals surface area contributed by atoms with Crippen LogP contribution in [0, 0.1) is 11.3 Å². The fourth-order valence-electron chi connectivity index (χ4n) is 2.03. The van der Waals surface area contributed by atoms with Gasteiger partial charge in [-0.1, -0.05) is 0 Å². The maximum atomic E-state index is 11.0. The minimum absolute atomic E-state index is 0.170. The number of hydrogen-bond acceptors (Lipinski definition) is 3. The van der Waals surface area contributed by atoms with Crippen molar-refractivity contribution in [1.29, 1.82) is 5.26 Å². The number of nitriles is 1. The van der Waals surface area contributed by atoms with Gasteiger partial charge in [-0.15, -0.1) is 0 Å². The van der Waals surface area contributed by atoms with Crippen molar-refractivity contribution in [3.63, 3.8) is 0 Å². The summed E-state index contributed by atoms with van der Waals surface area (Å²) in [6, 6.07) is 7.18. The van der Waals surface area contributed by atoms with Crippen molar-refractivity contribution >= 4 is 22.8 Å². The van der Waals surface area contributed by atoms with Crippen molar-refractivity contribution < 1.29 is 9.90 Å². The maximum Gasteiger partial charge on any atom is 0.354 e. The molecule has 0 fully saturated rings. The molecule has 18 heavy (non-hydrogen) atoms. The number of fused-ring (bicyclic) bond motifs is 3. The first-order chi connectivity index (χ1) is 8.61. The van der Waals surface area contributed by atoms with Crippen LogP contribution in [0.2, 0.25) is 0 Å². The van der Waals surface area contributed by atoms with E-state index in [0.717, 1.165) is 5.52 Å². The Bertz CT molecular complexity index is 835. The predicted molar refractivity (Wildman–Crippen MR) is 63.3 cm³/mol. The quantitative estimate of drug-likeness (QED) is 0.696. The minimum atomic E-state index is -0.996. The van der Waals surface area contributed by atoms with Crippen LogP contribution < -0.4 is 0 Å². The van der Waals surface area contributed by atoms with Gasteiger partial charge in [-0.2, -0.15) is 5.26 Å². The fourth-order valence-corrected chi connectivity index (χ4v) is 2.03. The molecule has 2 aromatic heterocycles. The van der Waals surface area contributed by atoms with Crippen molar-refractivity contribution in [2.75, 3.05) is 0 Å². The van der Waals surface area contributed by atoms with Crippen LogP contribution in [-0.4, -0.2) is 25.0 Å². The third-order valence-electron chi connectivity index (χ3n) is 2.93. The van der Waals surface area contributed by atoms with E-state index in [1.54, 1.807) is 29.6 Å². The number of aromatic nitrogens is 3. The summed E-state index contributed by atoms with van der Waals surface area (Å²) in [4.78, 5) is 15.4. The molecule has 0 amide bonds. The molecule has 0 radical (unpaired) electrons. The molecule has 6 nitrogen and oxygen atoms in total. The molecule has 0 aliphatic carbocycles. The van der Waals surface area contributed by atoms with Gasteiger partial charge >= 0.3 is 5.97 Å². The van der Waals surface area contributed by atoms with Gasteiger partial charge < -0.3 is 9.67 Å². The number of aromatic carboxylic acids is 1. The average molecular weight is 240 g/mol. The van der Waals surface area contributed by atoms with E-state index in [4.69, 9.17) is 10.4 Å². The van der Waals surface area contributed by atoms with Crippen molar-refractivity contribution in [2.24, 2.45) is 7.05 Å². The number of imidazole rings is 2. The van der Waals surface area contributed by atoms with Crippen LogP contribution in [0.3, 0.4) is 0 Å². The van der Waals surface area contributed by atoms with Crippen LogP contribution in [0.1, 0.15) is 16.1 Å². The summed E-state index contributed by atoms with van der Waals surface area (Å²) in [5.41, 5.74) is 2.16. The second kappa shape index (κ2) is 3.34. The number of carboxylic acids is 1. The smallest absolute Gasteiger partial charge is 0.354 e. The third-order valence-corrected chi connectivity index (χ3v) is 2.93. The lowest BCUT2D eigenvalue weighted by Crippen LogP contribution is -2.03. The summed E-state index contributed by atoms with van der Waals surface area (Å²) in [7, 11) is 1.65. The van der Waals surface area contributed by atoms with Crippen molar-refractivity contribution in [3.8, 4) is 6.07 Å². The highest BCUT2D eigenvalue weighted by atomic mass is 16.4. The minimum Gasteiger partial charge on any atom is -0.477 e. The van der Waals surface area contributed by atoms with Crippen LogP contribution in [-0.2, 0) is 7.05 Å². The van der Waals surface area contributed by atoms with Crippen molar-refractivity contribution in [1.82, 2.24) is 14.0 Å². The van der Waals surface area contributed by atoms with E-state index < -0.39 is 5.97 Å². The Morgan fingerprint density at radius 3 is 2.94 bits per heavy atom. The summed E-state index contributed by atoms with van der Waals surface area (Å²) >= 11 is 0. The zero-order valence-corrected chi connectivity index (χ0v) is 9.45. The third kappa shape index (κ3) is 1.21. The molecule has 0 saturated heterocycles. The Morgan fingerprint density at radius 2 is 2.28 bits per heavy atom. The molecule has 1 aromatic carbocycles. The first kappa shape index (κ1) is 10.4. The Hall–Kier alpha value is -2.81. The molecule has 0 aliphatic heterocycles. The lowest BCUT2D eigenvalue weighted by atomic mass is 10.2. The van der Waals surface area contributed by atoms with Gasteiger partial charge in [-0.3, -0.25) is 4.40 Å². The molecule has 0 atom stereocenters. The van der Waals surface area contributed by atoms with Gasteiger partial charge in [0.15, 0.2) is 0 Å². The van der Waals surface area contributed by atoms with Crippen molar-refractivity contribution in [3.05, 3.63) is 35.7 Å². The normalized spacial score (nSPS) is 10.9. The Labute approximate surface area is 101 Å². The van der Waals surface area contributed by atoms with E-state index in [9.17, 15) is 4.79 Å². The summed E-state index contributed by atoms with van der Waals surface area (Å²) in [6.45, 7) is 0. The van der Waals surface area contributed by atoms with Gasteiger partial charge in [0.1, 0.15) is 5.69 Å². The monoisotopic (exact) mass is 240 g/mol. The molecule has 3 aromatic rings. The number of hydrogen-bond donors (Lipinski definition) is 1. The lowest BCUT2D eigenvalue weighted by Gasteiger charge is -1.94. The summed E-state index contributed by atoms with van der Waals surface area (Å²) < 4.78 is 3.22. The van der Waals surface area contributed by atoms with Gasteiger partial charge in [0.2, 0.25) is 5.78 Å². The number of nitrogens with zero attached hydrogens (tertiary/aromatic N) is 4. The average Bonchev–Trinajstić information content (AvgIpc) is 2.86. The number of carboxylic acid groups (broad SMARTS) is 1. The van der Waals surface area contributed by atoms with E-state index in [1.165, 1.54) is 10.8 Å². The van der Waals surface area contributed by atoms with Crippen LogP contribution in [0.4, 0.5) is 0 Å². The molecule has 88 valence electrons. The molecule has 0 aliphatic rings. The molecular formula is C12H8N4O2. The van der Waals surface area contributed by atoms with Crippen LogP contribution in [0.25, 0.3) is 16.8 Å². The number of rotatable bonds is 1. The fraction of sp³-hybridized carbons (Fsp3) is 0.0833. The summed E-state index contributed by atoms with van der Waals surface area (Å²) in [6.07, 6.45) is 1.53. The second-order valence-corrected chi connectivity index (χ2v) is 3.98. The highest BCUT2D eigenvalue weighted by molar-refractivity contribution is 5.89. The molecule has 0 bridgehead atoms. The Morgan fingerprint density at radius 1 is 1.50 bits per heavy atom. The van der Waals surface area contributed by atoms with Crippen LogP contribution >= 0.6 is 0 Å². The topological polar surface area (TPSA) is 83.3 Å². The van der Waals surface area contributed by atoms with Crippen LogP contribution in [0.15, 0.2) is 24.4 Å². The SMILES string of the molecule is Cn1c(C(=O)O)cn2c3ccc(C#N)cc3nc12. The van der Waals surface area contributed by atoms with Crippen LogP contribution in [0.5, 0.6) is 0 Å². The molecule has 3 rings (SSSR count). The van der Waals surface area contributed by atoms with E-state index >= 15 is 0 Å². The zero-order valence-electron chi connectivity index (χ0n) is 9.45. The maximum absolute atomic E-state index is 11.0. The van der Waals surface area contributed by atoms with E-state index in [2.05, 4.69) is 4.98 Å². The molecule has 0 unspecified atom stereocenters. The lowest BCUT2D eigenvalue weighted by molar-refractivity contribution is 0.0687. The molecule has 2 heterocycles. The largest absolute Gasteiger partial charge is 0.477 e. The molecule has 6 heteroatoms. The highest BCUT2D eigenvalue weighted by Crippen LogP contribution is 2.20. The molecule has 0 spiro atoms. The van der Waals surface area contributed by atoms with Gasteiger partial charge in [0, 0.05) is 13.2 Å². The van der Waals surface area contributed by atoms with E-state index in [0.29, 0.717) is 16.9 Å². The molecular weight excluding hydrogens is 232 g/mol.